The van der Waals surface area contributed by atoms with E-state index in [-0.39, 0.29) is 0 Å². The van der Waals surface area contributed by atoms with Crippen molar-refractivity contribution in [3.8, 4) is 11.5 Å². The second-order valence-electron chi connectivity index (χ2n) is 6.09. The van der Waals surface area contributed by atoms with E-state index in [2.05, 4.69) is 26.0 Å². The summed E-state index contributed by atoms with van der Waals surface area (Å²) in [6.45, 7) is 8.29. The molecule has 0 aliphatic rings. The summed E-state index contributed by atoms with van der Waals surface area (Å²) >= 11 is 1.72. The Morgan fingerprint density at radius 1 is 0.739 bits per heavy atom. The number of rotatable bonds is 6. The normalized spacial score (nSPS) is 11.0. The van der Waals surface area contributed by atoms with Gasteiger partial charge in [0.25, 0.3) is 0 Å². The van der Waals surface area contributed by atoms with Crippen LogP contribution >= 0.6 is 11.8 Å². The number of hydrogen-bond donors (Lipinski definition) is 2. The highest BCUT2D eigenvalue weighted by Gasteiger charge is 2.11. The first-order valence-corrected chi connectivity index (χ1v) is 9.10. The van der Waals surface area contributed by atoms with E-state index in [9.17, 15) is 10.2 Å². The summed E-state index contributed by atoms with van der Waals surface area (Å²) in [4.78, 5) is 2.34. The van der Waals surface area contributed by atoms with Gasteiger partial charge < -0.3 is 10.2 Å². The van der Waals surface area contributed by atoms with Crippen molar-refractivity contribution in [2.24, 2.45) is 0 Å². The molecule has 0 saturated carbocycles. The average molecular weight is 330 g/mol. The Morgan fingerprint density at radius 3 is 1.48 bits per heavy atom. The maximum atomic E-state index is 10.1. The SMILES string of the molecule is CCCc1cc(Sc2cc(CCC)c(O)cc2C)c(C)cc1O. The maximum absolute atomic E-state index is 10.1. The molecule has 3 heteroatoms. The molecule has 0 aliphatic heterocycles. The van der Waals surface area contributed by atoms with Crippen molar-refractivity contribution in [2.45, 2.75) is 63.2 Å². The number of phenols is 2. The Balaban J connectivity index is 2.38. The van der Waals surface area contributed by atoms with E-state index in [0.717, 1.165) is 47.9 Å². The molecular weight excluding hydrogens is 304 g/mol. The summed E-state index contributed by atoms with van der Waals surface area (Å²) in [6, 6.07) is 7.92. The number of aryl methyl sites for hydroxylation is 4. The number of aromatic hydroxyl groups is 2. The Bertz CT molecular complexity index is 633. The summed E-state index contributed by atoms with van der Waals surface area (Å²) in [5.41, 5.74) is 4.17. The van der Waals surface area contributed by atoms with Gasteiger partial charge >= 0.3 is 0 Å². The molecule has 0 fully saturated rings. The van der Waals surface area contributed by atoms with Gasteiger partial charge in [0, 0.05) is 9.79 Å². The monoisotopic (exact) mass is 330 g/mol. The first-order chi connectivity index (χ1) is 11.0. The molecule has 0 spiro atoms. The van der Waals surface area contributed by atoms with Gasteiger partial charge in [-0.2, -0.15) is 0 Å². The van der Waals surface area contributed by atoms with E-state index in [1.165, 1.54) is 9.79 Å². The highest BCUT2D eigenvalue weighted by Crippen LogP contribution is 2.38. The summed E-state index contributed by atoms with van der Waals surface area (Å²) in [5.74, 6) is 0.783. The lowest BCUT2D eigenvalue weighted by Gasteiger charge is -2.14. The van der Waals surface area contributed by atoms with E-state index in [4.69, 9.17) is 0 Å². The largest absolute Gasteiger partial charge is 0.508 e. The van der Waals surface area contributed by atoms with Crippen molar-refractivity contribution in [1.29, 1.82) is 0 Å². The Hall–Kier alpha value is -1.61. The van der Waals surface area contributed by atoms with Crippen molar-refractivity contribution in [3.63, 3.8) is 0 Å². The van der Waals surface area contributed by atoms with Gasteiger partial charge in [-0.1, -0.05) is 38.5 Å². The lowest BCUT2D eigenvalue weighted by Crippen LogP contribution is -1.91. The molecule has 0 radical (unpaired) electrons. The van der Waals surface area contributed by atoms with Crippen molar-refractivity contribution in [2.75, 3.05) is 0 Å². The molecule has 0 atom stereocenters. The Morgan fingerprint density at radius 2 is 1.13 bits per heavy atom. The molecule has 124 valence electrons. The van der Waals surface area contributed by atoms with Crippen LogP contribution in [0.15, 0.2) is 34.1 Å². The van der Waals surface area contributed by atoms with Crippen LogP contribution in [0.5, 0.6) is 11.5 Å². The van der Waals surface area contributed by atoms with Gasteiger partial charge in [-0.05, 0) is 73.2 Å². The highest BCUT2D eigenvalue weighted by atomic mass is 32.2. The van der Waals surface area contributed by atoms with E-state index in [1.807, 2.05) is 26.0 Å². The molecular formula is C20H26O2S. The molecule has 0 bridgehead atoms. The van der Waals surface area contributed by atoms with E-state index in [0.29, 0.717) is 11.5 Å². The number of benzene rings is 2. The average Bonchev–Trinajstić information content (AvgIpc) is 2.49. The Kier molecular flexibility index (Phi) is 6.00. The third-order valence-corrected chi connectivity index (χ3v) is 5.33. The van der Waals surface area contributed by atoms with Gasteiger partial charge in [-0.25, -0.2) is 0 Å². The molecule has 23 heavy (non-hydrogen) atoms. The second kappa shape index (κ2) is 7.78. The molecule has 2 N–H and O–H groups in total. The molecule has 0 aromatic heterocycles. The maximum Gasteiger partial charge on any atom is 0.119 e. The molecule has 0 unspecified atom stereocenters. The van der Waals surface area contributed by atoms with Crippen LogP contribution < -0.4 is 0 Å². The van der Waals surface area contributed by atoms with Crippen LogP contribution in [0.4, 0.5) is 0 Å². The zero-order valence-electron chi connectivity index (χ0n) is 14.4. The molecule has 2 rings (SSSR count). The summed E-state index contributed by atoms with van der Waals surface area (Å²) in [6.07, 6.45) is 3.80. The predicted octanol–water partition coefficient (Wildman–Crippen LogP) is 5.77. The number of phenolic OH excluding ortho intramolecular Hbond substituents is 2. The quantitative estimate of drug-likeness (QED) is 0.706. The second-order valence-corrected chi connectivity index (χ2v) is 7.18. The van der Waals surface area contributed by atoms with Crippen molar-refractivity contribution < 1.29 is 10.2 Å². The predicted molar refractivity (Wildman–Crippen MR) is 97.8 cm³/mol. The standard InChI is InChI=1S/C20H26O2S/c1-5-7-15-11-19(13(3)9-17(15)21)23-20-12-16(8-6-2)18(22)10-14(20)4/h9-12,21-22H,5-8H2,1-4H3. The minimum Gasteiger partial charge on any atom is -0.508 e. The molecule has 0 aliphatic carbocycles. The van der Waals surface area contributed by atoms with Crippen LogP contribution in [0.25, 0.3) is 0 Å². The fourth-order valence-corrected chi connectivity index (χ4v) is 3.79. The number of hydrogen-bond acceptors (Lipinski definition) is 3. The van der Waals surface area contributed by atoms with Crippen molar-refractivity contribution in [3.05, 3.63) is 46.5 Å². The molecule has 0 saturated heterocycles. The Labute approximate surface area is 143 Å². The third kappa shape index (κ3) is 4.23. The van der Waals surface area contributed by atoms with Gasteiger partial charge in [0.15, 0.2) is 0 Å². The topological polar surface area (TPSA) is 40.5 Å². The fourth-order valence-electron chi connectivity index (χ4n) is 2.71. The zero-order chi connectivity index (χ0) is 17.0. The van der Waals surface area contributed by atoms with Gasteiger partial charge in [0.05, 0.1) is 0 Å². The van der Waals surface area contributed by atoms with Crippen LogP contribution in [-0.2, 0) is 12.8 Å². The fraction of sp³-hybridized carbons (Fsp3) is 0.400. The van der Waals surface area contributed by atoms with Crippen LogP contribution in [0.1, 0.15) is 48.9 Å². The minimum absolute atomic E-state index is 0.391. The minimum atomic E-state index is 0.391. The van der Waals surface area contributed by atoms with E-state index >= 15 is 0 Å². The lowest BCUT2D eigenvalue weighted by molar-refractivity contribution is 0.466. The van der Waals surface area contributed by atoms with E-state index in [1.54, 1.807) is 11.8 Å². The smallest absolute Gasteiger partial charge is 0.119 e. The van der Waals surface area contributed by atoms with Gasteiger partial charge in [0.2, 0.25) is 0 Å². The zero-order valence-corrected chi connectivity index (χ0v) is 15.3. The van der Waals surface area contributed by atoms with Gasteiger partial charge in [-0.3, -0.25) is 0 Å². The first-order valence-electron chi connectivity index (χ1n) is 8.29. The van der Waals surface area contributed by atoms with Gasteiger partial charge in [-0.15, -0.1) is 0 Å². The van der Waals surface area contributed by atoms with Crippen LogP contribution in [0.2, 0.25) is 0 Å². The highest BCUT2D eigenvalue weighted by molar-refractivity contribution is 7.99. The molecule has 2 aromatic rings. The van der Waals surface area contributed by atoms with Gasteiger partial charge in [0.1, 0.15) is 11.5 Å². The first kappa shape index (κ1) is 17.7. The van der Waals surface area contributed by atoms with E-state index < -0.39 is 0 Å². The lowest BCUT2D eigenvalue weighted by atomic mass is 10.1. The third-order valence-electron chi connectivity index (χ3n) is 4.01. The van der Waals surface area contributed by atoms with Crippen molar-refractivity contribution >= 4 is 11.8 Å². The molecule has 2 nitrogen and oxygen atoms in total. The molecule has 2 aromatic carbocycles. The van der Waals surface area contributed by atoms with Crippen molar-refractivity contribution in [1.82, 2.24) is 0 Å². The summed E-state index contributed by atoms with van der Waals surface area (Å²) in [7, 11) is 0. The van der Waals surface area contributed by atoms with Crippen LogP contribution in [0.3, 0.4) is 0 Å². The van der Waals surface area contributed by atoms with Crippen LogP contribution in [0, 0.1) is 13.8 Å². The molecule has 0 heterocycles. The summed E-state index contributed by atoms with van der Waals surface area (Å²) < 4.78 is 0. The molecule has 0 amide bonds. The summed E-state index contributed by atoms with van der Waals surface area (Å²) in [5, 5.41) is 20.2. The van der Waals surface area contributed by atoms with Crippen LogP contribution in [-0.4, -0.2) is 10.2 Å².